The molecule has 0 bridgehead atoms. The van der Waals surface area contributed by atoms with Crippen LogP contribution in [0.3, 0.4) is 0 Å². The zero-order valence-electron chi connectivity index (χ0n) is 16.5. The average molecular weight is 355 g/mol. The first-order valence-electron chi connectivity index (χ1n) is 10.2. The topological polar surface area (TPSA) is 30.2 Å². The van der Waals surface area contributed by atoms with E-state index in [1.165, 1.54) is 51.4 Å². The summed E-state index contributed by atoms with van der Waals surface area (Å²) in [5.74, 6) is 0.632. The Morgan fingerprint density at radius 3 is 1.54 bits per heavy atom. The van der Waals surface area contributed by atoms with Gasteiger partial charge in [-0.05, 0) is 0 Å². The van der Waals surface area contributed by atoms with E-state index in [0.717, 1.165) is 24.6 Å². The number of rotatable bonds is 14. The average Bonchev–Trinajstić information content (AvgIpc) is 3.15. The van der Waals surface area contributed by atoms with E-state index in [4.69, 9.17) is 4.42 Å². The summed E-state index contributed by atoms with van der Waals surface area (Å²) in [5.41, 5.74) is 0.412. The Balaban J connectivity index is 3.38. The SMILES string of the molecule is CCCCP(CCCC)(CCCC)(CCCC)C(=O)c1ccco1. The second kappa shape index (κ2) is 10.4. The van der Waals surface area contributed by atoms with Crippen molar-refractivity contribution in [3.8, 4) is 0 Å². The van der Waals surface area contributed by atoms with Gasteiger partial charge in [-0.25, -0.2) is 0 Å². The molecule has 24 heavy (non-hydrogen) atoms. The van der Waals surface area contributed by atoms with E-state index in [2.05, 4.69) is 27.7 Å². The third kappa shape index (κ3) is 4.94. The summed E-state index contributed by atoms with van der Waals surface area (Å²) in [4.78, 5) is 13.8. The Kier molecular flexibility index (Phi) is 9.27. The molecule has 0 amide bonds. The minimum absolute atomic E-state index is 0.412. The first-order valence-corrected chi connectivity index (χ1v) is 13.1. The molecule has 0 aliphatic carbocycles. The van der Waals surface area contributed by atoms with Crippen molar-refractivity contribution < 1.29 is 9.21 Å². The predicted octanol–water partition coefficient (Wildman–Crippen LogP) is 7.17. The Hall–Kier alpha value is -0.620. The fourth-order valence-corrected chi connectivity index (χ4v) is 11.6. The molecule has 1 aromatic rings. The molecule has 0 saturated carbocycles. The van der Waals surface area contributed by atoms with E-state index in [0.29, 0.717) is 11.3 Å². The summed E-state index contributed by atoms with van der Waals surface area (Å²) in [6.45, 7) is 6.54. The molecular weight excluding hydrogens is 315 g/mol. The Bertz CT molecular complexity index is 421. The van der Waals surface area contributed by atoms with Gasteiger partial charge in [0.2, 0.25) is 0 Å². The summed E-state index contributed by atoms with van der Waals surface area (Å²) in [6.07, 6.45) is 15.7. The molecule has 2 nitrogen and oxygen atoms in total. The van der Waals surface area contributed by atoms with Crippen LogP contribution in [0.4, 0.5) is 0 Å². The van der Waals surface area contributed by atoms with Crippen molar-refractivity contribution in [2.45, 2.75) is 79.1 Å². The van der Waals surface area contributed by atoms with Gasteiger partial charge in [-0.2, -0.15) is 0 Å². The summed E-state index contributed by atoms with van der Waals surface area (Å²) in [5, 5.41) is 0. The molecule has 1 rings (SSSR count). The van der Waals surface area contributed by atoms with Crippen LogP contribution in [0.5, 0.6) is 0 Å². The van der Waals surface area contributed by atoms with Crippen molar-refractivity contribution in [1.29, 1.82) is 0 Å². The van der Waals surface area contributed by atoms with Gasteiger partial charge < -0.3 is 0 Å². The molecule has 0 unspecified atom stereocenters. The van der Waals surface area contributed by atoms with E-state index >= 15 is 0 Å². The molecule has 0 spiro atoms. The van der Waals surface area contributed by atoms with E-state index < -0.39 is 6.60 Å². The number of hydrogen-bond acceptors (Lipinski definition) is 2. The van der Waals surface area contributed by atoms with Gasteiger partial charge >= 0.3 is 149 Å². The van der Waals surface area contributed by atoms with E-state index in [1.54, 1.807) is 6.26 Å². The predicted molar refractivity (Wildman–Crippen MR) is 109 cm³/mol. The van der Waals surface area contributed by atoms with Gasteiger partial charge in [0.25, 0.3) is 0 Å². The van der Waals surface area contributed by atoms with Gasteiger partial charge in [-0.3, -0.25) is 0 Å². The Morgan fingerprint density at radius 2 is 1.25 bits per heavy atom. The van der Waals surface area contributed by atoms with Crippen molar-refractivity contribution in [2.24, 2.45) is 0 Å². The Labute approximate surface area is 149 Å². The zero-order chi connectivity index (χ0) is 17.9. The molecule has 140 valence electrons. The van der Waals surface area contributed by atoms with Crippen LogP contribution in [-0.2, 0) is 0 Å². The van der Waals surface area contributed by atoms with Gasteiger partial charge in [-0.15, -0.1) is 0 Å². The van der Waals surface area contributed by atoms with Crippen LogP contribution in [0, 0.1) is 0 Å². The molecule has 0 radical (unpaired) electrons. The van der Waals surface area contributed by atoms with Crippen LogP contribution < -0.4 is 0 Å². The third-order valence-electron chi connectivity index (χ3n) is 5.70. The maximum absolute atomic E-state index is 13.8. The van der Waals surface area contributed by atoms with E-state index in [1.807, 2.05) is 12.1 Å². The molecule has 0 aromatic carbocycles. The minimum atomic E-state index is -2.47. The van der Waals surface area contributed by atoms with Gasteiger partial charge in [0.05, 0.1) is 0 Å². The zero-order valence-corrected chi connectivity index (χ0v) is 17.4. The number of furan rings is 1. The number of carbonyl (C=O) groups excluding carboxylic acids is 1. The first-order chi connectivity index (χ1) is 11.6. The Morgan fingerprint density at radius 1 is 0.833 bits per heavy atom. The van der Waals surface area contributed by atoms with Crippen LogP contribution in [-0.4, -0.2) is 30.2 Å². The first kappa shape index (κ1) is 21.4. The van der Waals surface area contributed by atoms with Crippen LogP contribution in [0.25, 0.3) is 0 Å². The molecular formula is C21H39O2P. The molecule has 0 aliphatic rings. The fraction of sp³-hybridized carbons (Fsp3) is 0.762. The second-order valence-electron chi connectivity index (χ2n) is 7.57. The third-order valence-corrected chi connectivity index (χ3v) is 13.0. The van der Waals surface area contributed by atoms with Crippen LogP contribution in [0.1, 0.15) is 89.6 Å². The van der Waals surface area contributed by atoms with Gasteiger partial charge in [0, 0.05) is 0 Å². The molecule has 3 heteroatoms. The molecule has 0 N–H and O–H groups in total. The number of hydrogen-bond donors (Lipinski definition) is 0. The second-order valence-corrected chi connectivity index (χ2v) is 13.7. The fourth-order valence-electron chi connectivity index (χ4n) is 4.08. The van der Waals surface area contributed by atoms with Crippen molar-refractivity contribution in [2.75, 3.05) is 24.6 Å². The standard InChI is InChI=1S/C21H39O2P/c1-5-9-16-24(17-10-6-2,18-11-7-3,19-12-8-4)21(22)20-14-13-15-23-20/h13-15H,5-12,16-19H2,1-4H3. The summed E-state index contributed by atoms with van der Waals surface area (Å²) >= 11 is 0. The number of carbonyl (C=O) groups is 1. The van der Waals surface area contributed by atoms with Crippen molar-refractivity contribution >= 4 is 12.1 Å². The summed E-state index contributed by atoms with van der Waals surface area (Å²) < 4.78 is 5.63. The van der Waals surface area contributed by atoms with E-state index in [-0.39, 0.29) is 0 Å². The molecule has 0 saturated heterocycles. The monoisotopic (exact) mass is 354 g/mol. The van der Waals surface area contributed by atoms with Crippen molar-refractivity contribution in [3.05, 3.63) is 24.2 Å². The normalized spacial score (nSPS) is 13.6. The van der Waals surface area contributed by atoms with Crippen LogP contribution in [0.2, 0.25) is 0 Å². The molecule has 0 aliphatic heterocycles. The van der Waals surface area contributed by atoms with Gasteiger partial charge in [0.15, 0.2) is 0 Å². The molecule has 1 heterocycles. The van der Waals surface area contributed by atoms with Crippen LogP contribution in [0.15, 0.2) is 22.8 Å². The van der Waals surface area contributed by atoms with Gasteiger partial charge in [0.1, 0.15) is 0 Å². The van der Waals surface area contributed by atoms with Crippen LogP contribution >= 0.6 is 6.60 Å². The maximum atomic E-state index is 13.8. The quantitative estimate of drug-likeness (QED) is 0.331. The molecule has 0 atom stereocenters. The van der Waals surface area contributed by atoms with E-state index in [9.17, 15) is 4.79 Å². The van der Waals surface area contributed by atoms with Crippen molar-refractivity contribution in [3.63, 3.8) is 0 Å². The molecule has 1 aromatic heterocycles. The van der Waals surface area contributed by atoms with Gasteiger partial charge in [-0.1, -0.05) is 0 Å². The summed E-state index contributed by atoms with van der Waals surface area (Å²) in [7, 11) is 0. The molecule has 0 fully saturated rings. The number of unbranched alkanes of at least 4 members (excludes halogenated alkanes) is 4. The summed E-state index contributed by atoms with van der Waals surface area (Å²) in [6, 6.07) is 3.78. The van der Waals surface area contributed by atoms with Crippen molar-refractivity contribution in [1.82, 2.24) is 0 Å².